The van der Waals surface area contributed by atoms with Gasteiger partial charge < -0.3 is 10.1 Å². The SMILES string of the molecule is CCOC(=O)C(C)(c1ccc(I)cc1)N1CCNCC1. The molecule has 0 aliphatic carbocycles. The van der Waals surface area contributed by atoms with Crippen LogP contribution in [0.1, 0.15) is 19.4 Å². The minimum Gasteiger partial charge on any atom is -0.464 e. The second-order valence-electron chi connectivity index (χ2n) is 5.04. The molecular weight excluding hydrogens is 367 g/mol. The van der Waals surface area contributed by atoms with Crippen molar-refractivity contribution in [2.24, 2.45) is 0 Å². The summed E-state index contributed by atoms with van der Waals surface area (Å²) < 4.78 is 6.51. The Balaban J connectivity index is 2.36. The first-order valence-electron chi connectivity index (χ1n) is 6.98. The van der Waals surface area contributed by atoms with Gasteiger partial charge in [-0.15, -0.1) is 0 Å². The third-order valence-corrected chi connectivity index (χ3v) is 4.55. The molecule has 0 spiro atoms. The standard InChI is InChI=1S/C15H21IN2O2/c1-3-20-14(19)15(2,18-10-8-17-9-11-18)12-4-6-13(16)7-5-12/h4-7,17H,3,8-11H2,1-2H3. The average Bonchev–Trinajstić information content (AvgIpc) is 2.48. The topological polar surface area (TPSA) is 41.6 Å². The summed E-state index contributed by atoms with van der Waals surface area (Å²) in [6.07, 6.45) is 0. The summed E-state index contributed by atoms with van der Waals surface area (Å²) in [4.78, 5) is 14.8. The normalized spacial score (nSPS) is 19.4. The molecule has 110 valence electrons. The lowest BCUT2D eigenvalue weighted by molar-refractivity contribution is -0.158. The lowest BCUT2D eigenvalue weighted by Gasteiger charge is -2.41. The molecule has 1 aromatic rings. The molecule has 0 radical (unpaired) electrons. The van der Waals surface area contributed by atoms with Crippen LogP contribution in [0.5, 0.6) is 0 Å². The summed E-state index contributed by atoms with van der Waals surface area (Å²) in [6.45, 7) is 7.73. The predicted molar refractivity (Wildman–Crippen MR) is 87.6 cm³/mol. The van der Waals surface area contributed by atoms with Crippen molar-refractivity contribution < 1.29 is 9.53 Å². The molecule has 0 amide bonds. The summed E-state index contributed by atoms with van der Waals surface area (Å²) in [6, 6.07) is 8.13. The highest BCUT2D eigenvalue weighted by molar-refractivity contribution is 14.1. The van der Waals surface area contributed by atoms with Crippen LogP contribution in [0.3, 0.4) is 0 Å². The summed E-state index contributed by atoms with van der Waals surface area (Å²) in [5, 5.41) is 3.32. The molecule has 2 rings (SSSR count). The highest BCUT2D eigenvalue weighted by Crippen LogP contribution is 2.30. The predicted octanol–water partition coefficient (Wildman–Crippen LogP) is 1.97. The minimum atomic E-state index is -0.706. The number of ether oxygens (including phenoxy) is 1. The van der Waals surface area contributed by atoms with Crippen molar-refractivity contribution in [1.29, 1.82) is 0 Å². The molecule has 4 nitrogen and oxygen atoms in total. The number of rotatable bonds is 4. The van der Waals surface area contributed by atoms with Crippen molar-refractivity contribution in [3.8, 4) is 0 Å². The van der Waals surface area contributed by atoms with E-state index < -0.39 is 5.54 Å². The van der Waals surface area contributed by atoms with E-state index in [1.807, 2.05) is 38.1 Å². The van der Waals surface area contributed by atoms with Crippen LogP contribution in [-0.4, -0.2) is 43.7 Å². The molecule has 1 N–H and O–H groups in total. The van der Waals surface area contributed by atoms with Gasteiger partial charge in [-0.1, -0.05) is 12.1 Å². The Morgan fingerprint density at radius 2 is 1.95 bits per heavy atom. The Labute approximate surface area is 134 Å². The van der Waals surface area contributed by atoms with Crippen LogP contribution in [-0.2, 0) is 15.1 Å². The third-order valence-electron chi connectivity index (χ3n) is 3.83. The monoisotopic (exact) mass is 388 g/mol. The fraction of sp³-hybridized carbons (Fsp3) is 0.533. The van der Waals surface area contributed by atoms with E-state index in [-0.39, 0.29) is 5.97 Å². The first-order chi connectivity index (χ1) is 9.59. The van der Waals surface area contributed by atoms with Crippen molar-refractivity contribution in [1.82, 2.24) is 10.2 Å². The van der Waals surface area contributed by atoms with Gasteiger partial charge in [0.15, 0.2) is 0 Å². The van der Waals surface area contributed by atoms with Crippen LogP contribution >= 0.6 is 22.6 Å². The van der Waals surface area contributed by atoms with Crippen molar-refractivity contribution in [2.45, 2.75) is 19.4 Å². The van der Waals surface area contributed by atoms with Crippen molar-refractivity contribution >= 4 is 28.6 Å². The summed E-state index contributed by atoms with van der Waals surface area (Å²) in [5.41, 5.74) is 0.292. The lowest BCUT2D eigenvalue weighted by Crippen LogP contribution is -2.57. The summed E-state index contributed by atoms with van der Waals surface area (Å²) >= 11 is 2.27. The zero-order chi connectivity index (χ0) is 14.6. The smallest absolute Gasteiger partial charge is 0.330 e. The van der Waals surface area contributed by atoms with E-state index >= 15 is 0 Å². The van der Waals surface area contributed by atoms with Crippen LogP contribution in [0.15, 0.2) is 24.3 Å². The van der Waals surface area contributed by atoms with Crippen LogP contribution in [0.2, 0.25) is 0 Å². The fourth-order valence-corrected chi connectivity index (χ4v) is 2.95. The zero-order valence-corrected chi connectivity index (χ0v) is 14.1. The molecule has 1 aliphatic rings. The highest BCUT2D eigenvalue weighted by atomic mass is 127. The van der Waals surface area contributed by atoms with E-state index in [1.54, 1.807) is 0 Å². The molecule has 0 bridgehead atoms. The molecule has 20 heavy (non-hydrogen) atoms. The van der Waals surface area contributed by atoms with Gasteiger partial charge in [0, 0.05) is 29.7 Å². The maximum Gasteiger partial charge on any atom is 0.330 e. The largest absolute Gasteiger partial charge is 0.464 e. The van der Waals surface area contributed by atoms with Crippen LogP contribution < -0.4 is 5.32 Å². The van der Waals surface area contributed by atoms with E-state index in [0.717, 1.165) is 35.3 Å². The second kappa shape index (κ2) is 6.87. The van der Waals surface area contributed by atoms with E-state index in [1.165, 1.54) is 0 Å². The Hall–Kier alpha value is -0.660. The van der Waals surface area contributed by atoms with Crippen LogP contribution in [0.25, 0.3) is 0 Å². The zero-order valence-electron chi connectivity index (χ0n) is 12.0. The van der Waals surface area contributed by atoms with E-state index in [4.69, 9.17) is 4.74 Å². The van der Waals surface area contributed by atoms with Gasteiger partial charge in [-0.2, -0.15) is 0 Å². The Kier molecular flexibility index (Phi) is 5.40. The van der Waals surface area contributed by atoms with Gasteiger partial charge in [0.05, 0.1) is 6.61 Å². The van der Waals surface area contributed by atoms with Gasteiger partial charge in [-0.05, 0) is 54.1 Å². The quantitative estimate of drug-likeness (QED) is 0.633. The van der Waals surface area contributed by atoms with E-state index in [9.17, 15) is 4.79 Å². The molecule has 0 saturated carbocycles. The summed E-state index contributed by atoms with van der Waals surface area (Å²) in [5.74, 6) is -0.164. The third kappa shape index (κ3) is 3.15. The second-order valence-corrected chi connectivity index (χ2v) is 6.28. The van der Waals surface area contributed by atoms with Gasteiger partial charge in [-0.3, -0.25) is 4.90 Å². The number of hydrogen-bond acceptors (Lipinski definition) is 4. The molecule has 5 heteroatoms. The summed E-state index contributed by atoms with van der Waals surface area (Å²) in [7, 11) is 0. The highest BCUT2D eigenvalue weighted by Gasteiger charge is 2.42. The van der Waals surface area contributed by atoms with Gasteiger partial charge in [0.1, 0.15) is 5.54 Å². The number of esters is 1. The molecule has 1 fully saturated rings. The molecule has 1 heterocycles. The molecule has 1 saturated heterocycles. The Morgan fingerprint density at radius 3 is 2.50 bits per heavy atom. The van der Waals surface area contributed by atoms with Crippen molar-refractivity contribution in [3.63, 3.8) is 0 Å². The number of nitrogens with zero attached hydrogens (tertiary/aromatic N) is 1. The fourth-order valence-electron chi connectivity index (χ4n) is 2.59. The van der Waals surface area contributed by atoms with E-state index in [0.29, 0.717) is 6.61 Å². The average molecular weight is 388 g/mol. The van der Waals surface area contributed by atoms with Gasteiger partial charge in [-0.25, -0.2) is 4.79 Å². The number of nitrogens with one attached hydrogen (secondary N) is 1. The number of halogens is 1. The van der Waals surface area contributed by atoms with Crippen molar-refractivity contribution in [2.75, 3.05) is 32.8 Å². The molecule has 1 atom stereocenters. The molecule has 0 aromatic heterocycles. The molecular formula is C15H21IN2O2. The van der Waals surface area contributed by atoms with Gasteiger partial charge >= 0.3 is 5.97 Å². The van der Waals surface area contributed by atoms with Gasteiger partial charge in [0.2, 0.25) is 0 Å². The first-order valence-corrected chi connectivity index (χ1v) is 8.06. The maximum atomic E-state index is 12.6. The number of hydrogen-bond donors (Lipinski definition) is 1. The number of benzene rings is 1. The Morgan fingerprint density at radius 1 is 1.35 bits per heavy atom. The van der Waals surface area contributed by atoms with E-state index in [2.05, 4.69) is 32.8 Å². The lowest BCUT2D eigenvalue weighted by atomic mass is 9.89. The molecule has 1 aliphatic heterocycles. The number of carbonyl (C=O) groups excluding carboxylic acids is 1. The molecule has 1 unspecified atom stereocenters. The van der Waals surface area contributed by atoms with Crippen molar-refractivity contribution in [3.05, 3.63) is 33.4 Å². The van der Waals surface area contributed by atoms with Crippen LogP contribution in [0, 0.1) is 3.57 Å². The number of piperazine rings is 1. The Bertz CT molecular complexity index is 457. The van der Waals surface area contributed by atoms with Crippen LogP contribution in [0.4, 0.5) is 0 Å². The molecule has 1 aromatic carbocycles. The maximum absolute atomic E-state index is 12.6. The first kappa shape index (κ1) is 15.7. The van der Waals surface area contributed by atoms with Gasteiger partial charge in [0.25, 0.3) is 0 Å². The minimum absolute atomic E-state index is 0.164. The number of carbonyl (C=O) groups is 1.